The van der Waals surface area contributed by atoms with Crippen molar-refractivity contribution in [2.45, 2.75) is 11.5 Å². The van der Waals surface area contributed by atoms with Gasteiger partial charge in [0, 0.05) is 5.02 Å². The van der Waals surface area contributed by atoms with Crippen LogP contribution in [0.1, 0.15) is 5.56 Å². The van der Waals surface area contributed by atoms with Crippen molar-refractivity contribution in [2.75, 3.05) is 4.72 Å². The molecule has 0 radical (unpaired) electrons. The number of rotatable bonds is 4. The molecule has 20 heavy (non-hydrogen) atoms. The number of nitrogens with one attached hydrogen (secondary N) is 1. The zero-order valence-corrected chi connectivity index (χ0v) is 11.7. The molecule has 2 rings (SSSR count). The highest BCUT2D eigenvalue weighted by Gasteiger charge is 2.15. The van der Waals surface area contributed by atoms with Gasteiger partial charge in [0.15, 0.2) is 0 Å². The molecule has 0 heterocycles. The summed E-state index contributed by atoms with van der Waals surface area (Å²) in [6.45, 7) is -0.269. The first kappa shape index (κ1) is 14.8. The lowest BCUT2D eigenvalue weighted by Gasteiger charge is -2.09. The molecule has 2 aromatic rings. The fourth-order valence-corrected chi connectivity index (χ4v) is 2.97. The van der Waals surface area contributed by atoms with Gasteiger partial charge in [-0.3, -0.25) is 4.72 Å². The van der Waals surface area contributed by atoms with E-state index in [1.165, 1.54) is 24.3 Å². The normalized spacial score (nSPS) is 11.3. The summed E-state index contributed by atoms with van der Waals surface area (Å²) < 4.78 is 39.7. The van der Waals surface area contributed by atoms with Gasteiger partial charge in [0.25, 0.3) is 10.0 Å². The van der Waals surface area contributed by atoms with Crippen LogP contribution in [0.25, 0.3) is 0 Å². The van der Waals surface area contributed by atoms with Gasteiger partial charge < -0.3 is 5.11 Å². The molecule has 0 aliphatic carbocycles. The molecule has 0 atom stereocenters. The van der Waals surface area contributed by atoms with Crippen LogP contribution in [0.5, 0.6) is 0 Å². The summed E-state index contributed by atoms with van der Waals surface area (Å²) in [5.41, 5.74) is 0.495. The molecule has 7 heteroatoms. The Labute approximate surface area is 120 Å². The van der Waals surface area contributed by atoms with E-state index in [2.05, 4.69) is 4.72 Å². The van der Waals surface area contributed by atoms with Gasteiger partial charge in [-0.1, -0.05) is 23.7 Å². The Balaban J connectivity index is 2.35. The average Bonchev–Trinajstić information content (AvgIpc) is 2.37. The van der Waals surface area contributed by atoms with Crippen LogP contribution in [-0.2, 0) is 16.6 Å². The van der Waals surface area contributed by atoms with E-state index in [4.69, 9.17) is 16.7 Å². The number of hydrogen-bond acceptors (Lipinski definition) is 3. The molecule has 0 aromatic heterocycles. The van der Waals surface area contributed by atoms with E-state index < -0.39 is 15.8 Å². The summed E-state index contributed by atoms with van der Waals surface area (Å²) >= 11 is 5.66. The second-order valence-electron chi connectivity index (χ2n) is 4.07. The van der Waals surface area contributed by atoms with Gasteiger partial charge in [-0.25, -0.2) is 12.8 Å². The number of anilines is 1. The summed E-state index contributed by atoms with van der Waals surface area (Å²) in [5, 5.41) is 9.10. The van der Waals surface area contributed by atoms with Crippen LogP contribution >= 0.6 is 11.6 Å². The van der Waals surface area contributed by atoms with E-state index >= 15 is 0 Å². The molecule has 0 aliphatic rings. The van der Waals surface area contributed by atoms with Gasteiger partial charge in [0.1, 0.15) is 5.82 Å². The van der Waals surface area contributed by atoms with Crippen LogP contribution in [-0.4, -0.2) is 13.5 Å². The molecule has 0 aliphatic heterocycles. The highest BCUT2D eigenvalue weighted by Crippen LogP contribution is 2.21. The minimum atomic E-state index is -3.87. The fourth-order valence-electron chi connectivity index (χ4n) is 1.64. The first-order chi connectivity index (χ1) is 9.40. The molecule has 4 nitrogen and oxygen atoms in total. The van der Waals surface area contributed by atoms with Crippen molar-refractivity contribution in [3.05, 3.63) is 58.9 Å². The molecule has 0 amide bonds. The SMILES string of the molecule is O=S(=O)(Nc1cc(F)cc(Cl)c1)c1cccc(CO)c1. The molecule has 0 spiro atoms. The van der Waals surface area contributed by atoms with Gasteiger partial charge >= 0.3 is 0 Å². The Kier molecular flexibility index (Phi) is 4.27. The Hall–Kier alpha value is -1.63. The van der Waals surface area contributed by atoms with E-state index in [1.54, 1.807) is 6.07 Å². The lowest BCUT2D eigenvalue weighted by molar-refractivity contribution is 0.281. The van der Waals surface area contributed by atoms with Crippen molar-refractivity contribution in [3.63, 3.8) is 0 Å². The van der Waals surface area contributed by atoms with Crippen LogP contribution < -0.4 is 4.72 Å². The summed E-state index contributed by atoms with van der Waals surface area (Å²) in [6.07, 6.45) is 0. The molecule has 0 saturated carbocycles. The van der Waals surface area contributed by atoms with E-state index in [0.29, 0.717) is 5.56 Å². The fraction of sp³-hybridized carbons (Fsp3) is 0.0769. The highest BCUT2D eigenvalue weighted by atomic mass is 35.5. The van der Waals surface area contributed by atoms with Crippen LogP contribution in [0.2, 0.25) is 5.02 Å². The minimum Gasteiger partial charge on any atom is -0.392 e. The van der Waals surface area contributed by atoms with Crippen molar-refractivity contribution in [1.29, 1.82) is 0 Å². The first-order valence-corrected chi connectivity index (χ1v) is 7.45. The smallest absolute Gasteiger partial charge is 0.261 e. The number of sulfonamides is 1. The van der Waals surface area contributed by atoms with Gasteiger partial charge in [0.05, 0.1) is 17.2 Å². The van der Waals surface area contributed by atoms with Crippen LogP contribution in [0, 0.1) is 5.82 Å². The van der Waals surface area contributed by atoms with Crippen molar-refractivity contribution >= 4 is 27.3 Å². The Morgan fingerprint density at radius 1 is 1.20 bits per heavy atom. The standard InChI is InChI=1S/C13H11ClFNO3S/c14-10-5-11(15)7-12(6-10)16-20(18,19)13-3-1-2-9(4-13)8-17/h1-7,16-17H,8H2. The summed E-state index contributed by atoms with van der Waals surface area (Å²) in [4.78, 5) is -0.0237. The van der Waals surface area contributed by atoms with E-state index in [1.807, 2.05) is 0 Å². The predicted octanol–water partition coefficient (Wildman–Crippen LogP) is 2.77. The maximum absolute atomic E-state index is 13.2. The Morgan fingerprint density at radius 2 is 1.95 bits per heavy atom. The third kappa shape index (κ3) is 3.47. The quantitative estimate of drug-likeness (QED) is 0.911. The third-order valence-corrected chi connectivity index (χ3v) is 4.10. The molecule has 2 aromatic carbocycles. The lowest BCUT2D eigenvalue weighted by Crippen LogP contribution is -2.13. The van der Waals surface area contributed by atoms with E-state index in [-0.39, 0.29) is 22.2 Å². The summed E-state index contributed by atoms with van der Waals surface area (Å²) in [7, 11) is -3.87. The summed E-state index contributed by atoms with van der Waals surface area (Å²) in [5.74, 6) is -0.640. The molecular weight excluding hydrogens is 305 g/mol. The predicted molar refractivity (Wildman–Crippen MR) is 74.6 cm³/mol. The van der Waals surface area contributed by atoms with Crippen molar-refractivity contribution in [3.8, 4) is 0 Å². The largest absolute Gasteiger partial charge is 0.392 e. The summed E-state index contributed by atoms with van der Waals surface area (Å²) in [6, 6.07) is 9.23. The van der Waals surface area contributed by atoms with E-state index in [0.717, 1.165) is 12.1 Å². The monoisotopic (exact) mass is 315 g/mol. The minimum absolute atomic E-state index is 0.0237. The van der Waals surface area contributed by atoms with Crippen LogP contribution in [0.15, 0.2) is 47.4 Å². The zero-order valence-electron chi connectivity index (χ0n) is 10.2. The van der Waals surface area contributed by atoms with Crippen molar-refractivity contribution in [2.24, 2.45) is 0 Å². The third-order valence-electron chi connectivity index (χ3n) is 2.51. The first-order valence-electron chi connectivity index (χ1n) is 5.59. The second kappa shape index (κ2) is 5.78. The maximum Gasteiger partial charge on any atom is 0.261 e. The van der Waals surface area contributed by atoms with Gasteiger partial charge in [-0.2, -0.15) is 0 Å². The average molecular weight is 316 g/mol. The number of aliphatic hydroxyl groups is 1. The second-order valence-corrected chi connectivity index (χ2v) is 6.19. The lowest BCUT2D eigenvalue weighted by atomic mass is 10.2. The molecule has 0 fully saturated rings. The number of hydrogen-bond donors (Lipinski definition) is 2. The molecule has 106 valence electrons. The van der Waals surface area contributed by atoms with Crippen molar-refractivity contribution in [1.82, 2.24) is 0 Å². The van der Waals surface area contributed by atoms with Gasteiger partial charge in [0.2, 0.25) is 0 Å². The van der Waals surface area contributed by atoms with Crippen LogP contribution in [0.4, 0.5) is 10.1 Å². The molecule has 0 bridgehead atoms. The highest BCUT2D eigenvalue weighted by molar-refractivity contribution is 7.92. The van der Waals surface area contributed by atoms with Crippen LogP contribution in [0.3, 0.4) is 0 Å². The topological polar surface area (TPSA) is 66.4 Å². The zero-order chi connectivity index (χ0) is 14.8. The number of halogens is 2. The maximum atomic E-state index is 13.2. The van der Waals surface area contributed by atoms with Gasteiger partial charge in [-0.05, 0) is 35.9 Å². The number of benzene rings is 2. The van der Waals surface area contributed by atoms with E-state index in [9.17, 15) is 12.8 Å². The number of aliphatic hydroxyl groups excluding tert-OH is 1. The molecular formula is C13H11ClFNO3S. The van der Waals surface area contributed by atoms with Gasteiger partial charge in [-0.15, -0.1) is 0 Å². The molecule has 0 unspecified atom stereocenters. The van der Waals surface area contributed by atoms with Crippen molar-refractivity contribution < 1.29 is 17.9 Å². The molecule has 2 N–H and O–H groups in total. The Bertz CT molecular complexity index is 714. The molecule has 0 saturated heterocycles. The Morgan fingerprint density at radius 3 is 2.60 bits per heavy atom.